The molecule has 6 heteroatoms. The van der Waals surface area contributed by atoms with Gasteiger partial charge in [0.2, 0.25) is 5.91 Å². The van der Waals surface area contributed by atoms with Gasteiger partial charge in [-0.15, -0.1) is 12.4 Å². The molecule has 0 heterocycles. The van der Waals surface area contributed by atoms with Gasteiger partial charge < -0.3 is 20.1 Å². The van der Waals surface area contributed by atoms with Crippen molar-refractivity contribution in [3.05, 3.63) is 0 Å². The third-order valence-corrected chi connectivity index (χ3v) is 1.54. The van der Waals surface area contributed by atoms with Crippen LogP contribution in [0.4, 0.5) is 0 Å². The van der Waals surface area contributed by atoms with E-state index >= 15 is 0 Å². The predicted molar refractivity (Wildman–Crippen MR) is 61.5 cm³/mol. The van der Waals surface area contributed by atoms with Crippen molar-refractivity contribution in [3.63, 3.8) is 0 Å². The Morgan fingerprint density at radius 2 is 2.00 bits per heavy atom. The summed E-state index contributed by atoms with van der Waals surface area (Å²) in [5, 5.41) is 5.84. The zero-order chi connectivity index (χ0) is 10.6. The molecule has 0 bridgehead atoms. The van der Waals surface area contributed by atoms with Crippen LogP contribution < -0.4 is 10.6 Å². The number of amides is 1. The molecular weight excluding hydrogens is 220 g/mol. The van der Waals surface area contributed by atoms with Gasteiger partial charge in [-0.25, -0.2) is 0 Å². The molecule has 15 heavy (non-hydrogen) atoms. The highest BCUT2D eigenvalue weighted by atomic mass is 35.5. The molecule has 0 aromatic rings. The number of carbonyl (C=O) groups is 1. The minimum Gasteiger partial charge on any atom is -0.383 e. The van der Waals surface area contributed by atoms with Crippen LogP contribution in [0.3, 0.4) is 0 Å². The first-order valence-electron chi connectivity index (χ1n) is 4.85. The standard InChI is InChI=1S/C9H20N2O3.ClH/c1-3-14-8-9(12)11-5-4-10-6-7-13-2;/h10H,3-8H2,1-2H3,(H,11,12);1H. The SMILES string of the molecule is CCOCC(=O)NCCNCCOC.Cl. The number of hydrogen-bond donors (Lipinski definition) is 2. The van der Waals surface area contributed by atoms with E-state index in [0.29, 0.717) is 19.8 Å². The fourth-order valence-electron chi connectivity index (χ4n) is 0.835. The summed E-state index contributed by atoms with van der Waals surface area (Å²) >= 11 is 0. The normalized spacial score (nSPS) is 9.47. The average molecular weight is 241 g/mol. The Bertz CT molecular complexity index is 147. The lowest BCUT2D eigenvalue weighted by Crippen LogP contribution is -2.35. The molecule has 92 valence electrons. The van der Waals surface area contributed by atoms with Crippen LogP contribution in [0.25, 0.3) is 0 Å². The molecule has 0 unspecified atom stereocenters. The minimum absolute atomic E-state index is 0. The van der Waals surface area contributed by atoms with Gasteiger partial charge in [-0.2, -0.15) is 0 Å². The summed E-state index contributed by atoms with van der Waals surface area (Å²) in [7, 11) is 1.66. The number of hydrogen-bond acceptors (Lipinski definition) is 4. The van der Waals surface area contributed by atoms with Crippen molar-refractivity contribution >= 4 is 18.3 Å². The molecule has 0 aromatic heterocycles. The molecule has 0 aliphatic carbocycles. The van der Waals surface area contributed by atoms with Crippen LogP contribution in [-0.2, 0) is 14.3 Å². The molecule has 0 saturated carbocycles. The second kappa shape index (κ2) is 13.6. The quantitative estimate of drug-likeness (QED) is 0.548. The molecule has 0 fully saturated rings. The molecule has 0 rings (SSSR count). The first kappa shape index (κ1) is 17.0. The number of halogens is 1. The summed E-state index contributed by atoms with van der Waals surface area (Å²) in [5.41, 5.74) is 0. The maximum Gasteiger partial charge on any atom is 0.246 e. The Morgan fingerprint density at radius 3 is 2.60 bits per heavy atom. The summed E-state index contributed by atoms with van der Waals surface area (Å²) in [6, 6.07) is 0. The zero-order valence-electron chi connectivity index (χ0n) is 9.38. The molecule has 0 radical (unpaired) electrons. The second-order valence-corrected chi connectivity index (χ2v) is 2.73. The topological polar surface area (TPSA) is 59.6 Å². The average Bonchev–Trinajstić information content (AvgIpc) is 2.20. The molecule has 0 aromatic carbocycles. The van der Waals surface area contributed by atoms with E-state index in [4.69, 9.17) is 9.47 Å². The van der Waals surface area contributed by atoms with E-state index in [0.717, 1.165) is 13.1 Å². The molecular formula is C9H21ClN2O3. The van der Waals surface area contributed by atoms with Gasteiger partial charge in [0.25, 0.3) is 0 Å². The summed E-state index contributed by atoms with van der Waals surface area (Å²) in [4.78, 5) is 11.0. The monoisotopic (exact) mass is 240 g/mol. The third-order valence-electron chi connectivity index (χ3n) is 1.54. The highest BCUT2D eigenvalue weighted by Crippen LogP contribution is 1.73. The lowest BCUT2D eigenvalue weighted by Gasteiger charge is -2.06. The largest absolute Gasteiger partial charge is 0.383 e. The van der Waals surface area contributed by atoms with Crippen LogP contribution >= 0.6 is 12.4 Å². The molecule has 0 atom stereocenters. The summed E-state index contributed by atoms with van der Waals surface area (Å²) in [6.07, 6.45) is 0. The van der Waals surface area contributed by atoms with Crippen molar-refractivity contribution in [2.75, 3.05) is 46.6 Å². The highest BCUT2D eigenvalue weighted by molar-refractivity contribution is 5.85. The molecule has 0 saturated heterocycles. The highest BCUT2D eigenvalue weighted by Gasteiger charge is 1.98. The lowest BCUT2D eigenvalue weighted by atomic mass is 10.5. The van der Waals surface area contributed by atoms with Crippen LogP contribution in [-0.4, -0.2) is 52.5 Å². The van der Waals surface area contributed by atoms with Crippen LogP contribution in [0.15, 0.2) is 0 Å². The Balaban J connectivity index is 0. The van der Waals surface area contributed by atoms with E-state index in [1.54, 1.807) is 7.11 Å². The summed E-state index contributed by atoms with van der Waals surface area (Å²) < 4.78 is 9.79. The Kier molecular flexibility index (Phi) is 15.5. The molecule has 2 N–H and O–H groups in total. The fraction of sp³-hybridized carbons (Fsp3) is 0.889. The smallest absolute Gasteiger partial charge is 0.246 e. The van der Waals surface area contributed by atoms with Crippen LogP contribution in [0.2, 0.25) is 0 Å². The number of methoxy groups -OCH3 is 1. The van der Waals surface area contributed by atoms with Gasteiger partial charge in [-0.05, 0) is 6.92 Å². The van der Waals surface area contributed by atoms with Crippen LogP contribution in [0.5, 0.6) is 0 Å². The number of carbonyl (C=O) groups excluding carboxylic acids is 1. The van der Waals surface area contributed by atoms with E-state index in [2.05, 4.69) is 10.6 Å². The molecule has 0 spiro atoms. The fourth-order valence-corrected chi connectivity index (χ4v) is 0.835. The van der Waals surface area contributed by atoms with Gasteiger partial charge in [0.15, 0.2) is 0 Å². The first-order chi connectivity index (χ1) is 6.81. The van der Waals surface area contributed by atoms with E-state index in [1.807, 2.05) is 6.92 Å². The van der Waals surface area contributed by atoms with E-state index in [-0.39, 0.29) is 24.9 Å². The maximum absolute atomic E-state index is 11.0. The summed E-state index contributed by atoms with van der Waals surface area (Å²) in [6.45, 7) is 5.44. The minimum atomic E-state index is -0.0691. The summed E-state index contributed by atoms with van der Waals surface area (Å²) in [5.74, 6) is -0.0691. The molecule has 0 aliphatic heterocycles. The van der Waals surface area contributed by atoms with Crippen molar-refractivity contribution < 1.29 is 14.3 Å². The van der Waals surface area contributed by atoms with Gasteiger partial charge in [0.05, 0.1) is 6.61 Å². The predicted octanol–water partition coefficient (Wildman–Crippen LogP) is -0.203. The molecule has 1 amide bonds. The number of ether oxygens (including phenoxy) is 2. The molecule has 0 aliphatic rings. The Morgan fingerprint density at radius 1 is 1.27 bits per heavy atom. The van der Waals surface area contributed by atoms with Gasteiger partial charge >= 0.3 is 0 Å². The maximum atomic E-state index is 11.0. The van der Waals surface area contributed by atoms with Crippen LogP contribution in [0.1, 0.15) is 6.92 Å². The first-order valence-corrected chi connectivity index (χ1v) is 4.85. The number of rotatable bonds is 9. The molecule has 5 nitrogen and oxygen atoms in total. The van der Waals surface area contributed by atoms with Gasteiger partial charge in [0.1, 0.15) is 6.61 Å². The van der Waals surface area contributed by atoms with Crippen molar-refractivity contribution in [1.82, 2.24) is 10.6 Å². The van der Waals surface area contributed by atoms with E-state index in [9.17, 15) is 4.79 Å². The second-order valence-electron chi connectivity index (χ2n) is 2.73. The van der Waals surface area contributed by atoms with Crippen molar-refractivity contribution in [2.24, 2.45) is 0 Å². The van der Waals surface area contributed by atoms with Gasteiger partial charge in [0, 0.05) is 33.4 Å². The third kappa shape index (κ3) is 13.6. The van der Waals surface area contributed by atoms with E-state index in [1.165, 1.54) is 0 Å². The Labute approximate surface area is 97.3 Å². The van der Waals surface area contributed by atoms with Gasteiger partial charge in [-0.1, -0.05) is 0 Å². The van der Waals surface area contributed by atoms with E-state index < -0.39 is 0 Å². The van der Waals surface area contributed by atoms with Gasteiger partial charge in [-0.3, -0.25) is 4.79 Å². The lowest BCUT2D eigenvalue weighted by molar-refractivity contribution is -0.125. The van der Waals surface area contributed by atoms with Crippen molar-refractivity contribution in [1.29, 1.82) is 0 Å². The van der Waals surface area contributed by atoms with Crippen molar-refractivity contribution in [3.8, 4) is 0 Å². The Hall–Kier alpha value is -0.360. The zero-order valence-corrected chi connectivity index (χ0v) is 10.2. The number of nitrogens with one attached hydrogen (secondary N) is 2. The van der Waals surface area contributed by atoms with Crippen LogP contribution in [0, 0.1) is 0 Å². The van der Waals surface area contributed by atoms with Crippen molar-refractivity contribution in [2.45, 2.75) is 6.92 Å².